The zero-order chi connectivity index (χ0) is 19.2. The monoisotopic (exact) mass is 363 g/mol. The molecule has 0 bridgehead atoms. The molecule has 1 aromatic carbocycles. The number of carbonyl (C=O) groups is 1. The maximum absolute atomic E-state index is 12.9. The number of hydrogen-bond donors (Lipinski definition) is 2. The first-order chi connectivity index (χ1) is 12.8. The Morgan fingerprint density at radius 3 is 2.85 bits per heavy atom. The Labute approximate surface area is 158 Å². The van der Waals surface area contributed by atoms with Gasteiger partial charge in [0.1, 0.15) is 5.82 Å². The fourth-order valence-corrected chi connectivity index (χ4v) is 3.53. The van der Waals surface area contributed by atoms with Crippen LogP contribution in [0.5, 0.6) is 0 Å². The van der Waals surface area contributed by atoms with Crippen molar-refractivity contribution in [3.63, 3.8) is 0 Å². The third-order valence-corrected chi connectivity index (χ3v) is 5.07. The van der Waals surface area contributed by atoms with Crippen molar-refractivity contribution in [3.05, 3.63) is 59.3 Å². The summed E-state index contributed by atoms with van der Waals surface area (Å²) < 4.78 is 0. The van der Waals surface area contributed by atoms with E-state index in [0.29, 0.717) is 19.5 Å². The maximum atomic E-state index is 12.9. The van der Waals surface area contributed by atoms with E-state index in [1.165, 1.54) is 0 Å². The van der Waals surface area contributed by atoms with Crippen molar-refractivity contribution in [2.75, 3.05) is 0 Å². The Morgan fingerprint density at radius 1 is 1.30 bits per heavy atom. The summed E-state index contributed by atoms with van der Waals surface area (Å²) in [6.07, 6.45) is 4.30. The summed E-state index contributed by atoms with van der Waals surface area (Å²) in [5, 5.41) is 1.12. The summed E-state index contributed by atoms with van der Waals surface area (Å²) in [5.74, 6) is 0.759. The van der Waals surface area contributed by atoms with Gasteiger partial charge >= 0.3 is 0 Å². The summed E-state index contributed by atoms with van der Waals surface area (Å²) in [7, 11) is 0. The highest BCUT2D eigenvalue weighted by atomic mass is 16.2. The zero-order valence-electron chi connectivity index (χ0n) is 16.0. The van der Waals surface area contributed by atoms with E-state index in [9.17, 15) is 4.79 Å². The van der Waals surface area contributed by atoms with E-state index in [-0.39, 0.29) is 11.3 Å². The molecule has 1 aliphatic rings. The van der Waals surface area contributed by atoms with Crippen LogP contribution in [0, 0.1) is 0 Å². The van der Waals surface area contributed by atoms with E-state index in [1.807, 2.05) is 36.7 Å². The molecule has 0 saturated carbocycles. The van der Waals surface area contributed by atoms with E-state index in [4.69, 9.17) is 5.73 Å². The third-order valence-electron chi connectivity index (χ3n) is 5.07. The zero-order valence-corrected chi connectivity index (χ0v) is 16.0. The van der Waals surface area contributed by atoms with Crippen LogP contribution in [-0.4, -0.2) is 31.8 Å². The van der Waals surface area contributed by atoms with Crippen LogP contribution in [0.25, 0.3) is 10.9 Å². The van der Waals surface area contributed by atoms with Gasteiger partial charge in [-0.25, -0.2) is 9.97 Å². The molecule has 0 unspecified atom stereocenters. The van der Waals surface area contributed by atoms with Gasteiger partial charge in [-0.15, -0.1) is 0 Å². The second-order valence-electron chi connectivity index (χ2n) is 8.28. The molecule has 6 heteroatoms. The topological polar surface area (TPSA) is 87.9 Å². The van der Waals surface area contributed by atoms with Gasteiger partial charge in [-0.3, -0.25) is 4.79 Å². The number of aromatic amines is 1. The molecule has 3 heterocycles. The number of H-pyrrole nitrogens is 1. The number of carbonyl (C=O) groups excluding carboxylic acids is 1. The Balaban J connectivity index is 1.48. The fourth-order valence-electron chi connectivity index (χ4n) is 3.53. The Kier molecular flexibility index (Phi) is 4.23. The predicted molar refractivity (Wildman–Crippen MR) is 105 cm³/mol. The standard InChI is InChI=1S/C21H25N5O/c1-21(2,3)20-24-10-14-11-26(12-18(14)25-20)19(27)16(22)8-13-9-23-17-7-5-4-6-15(13)17/h4-7,9-10,16,23H,8,11-12,22H2,1-3H3/t16-/m0/s1. The summed E-state index contributed by atoms with van der Waals surface area (Å²) in [4.78, 5) is 27.1. The van der Waals surface area contributed by atoms with Crippen LogP contribution in [-0.2, 0) is 29.7 Å². The quantitative estimate of drug-likeness (QED) is 0.749. The Bertz CT molecular complexity index is 1000. The first-order valence-corrected chi connectivity index (χ1v) is 9.27. The summed E-state index contributed by atoms with van der Waals surface area (Å²) in [5.41, 5.74) is 10.2. The van der Waals surface area contributed by atoms with E-state index in [2.05, 4.69) is 35.7 Å². The number of nitrogens with zero attached hydrogens (tertiary/aromatic N) is 3. The number of para-hydroxylation sites is 1. The SMILES string of the molecule is CC(C)(C)c1ncc2c(n1)CN(C(=O)[C@@H](N)Cc1c[nH]c3ccccc13)C2. The summed E-state index contributed by atoms with van der Waals surface area (Å²) >= 11 is 0. The molecule has 6 nitrogen and oxygen atoms in total. The highest BCUT2D eigenvalue weighted by molar-refractivity contribution is 5.86. The van der Waals surface area contributed by atoms with Crippen molar-refractivity contribution in [1.29, 1.82) is 0 Å². The van der Waals surface area contributed by atoms with Gasteiger partial charge in [0, 0.05) is 40.8 Å². The van der Waals surface area contributed by atoms with Crippen molar-refractivity contribution in [1.82, 2.24) is 19.9 Å². The molecule has 3 N–H and O–H groups in total. The number of aromatic nitrogens is 3. The number of nitrogens with one attached hydrogen (secondary N) is 1. The molecule has 0 saturated heterocycles. The fraction of sp³-hybridized carbons (Fsp3) is 0.381. The normalized spacial score (nSPS) is 15.2. The molecule has 0 radical (unpaired) electrons. The first kappa shape index (κ1) is 17.7. The highest BCUT2D eigenvalue weighted by Crippen LogP contribution is 2.26. The van der Waals surface area contributed by atoms with E-state index in [1.54, 1.807) is 4.90 Å². The molecule has 4 rings (SSSR count). The lowest BCUT2D eigenvalue weighted by molar-refractivity contribution is -0.133. The van der Waals surface area contributed by atoms with Crippen LogP contribution < -0.4 is 5.73 Å². The van der Waals surface area contributed by atoms with Crippen molar-refractivity contribution >= 4 is 16.8 Å². The Hall–Kier alpha value is -2.73. The molecule has 1 amide bonds. The lowest BCUT2D eigenvalue weighted by atomic mass is 9.95. The molecule has 2 aromatic heterocycles. The lowest BCUT2D eigenvalue weighted by Gasteiger charge is -2.20. The van der Waals surface area contributed by atoms with Crippen molar-refractivity contribution in [2.45, 2.75) is 51.7 Å². The molecule has 0 spiro atoms. The van der Waals surface area contributed by atoms with Gasteiger partial charge in [0.2, 0.25) is 5.91 Å². The van der Waals surface area contributed by atoms with E-state index in [0.717, 1.165) is 33.5 Å². The van der Waals surface area contributed by atoms with Crippen LogP contribution in [0.1, 0.15) is 43.4 Å². The second-order valence-corrected chi connectivity index (χ2v) is 8.28. The van der Waals surface area contributed by atoms with Gasteiger partial charge in [-0.1, -0.05) is 39.0 Å². The molecule has 0 fully saturated rings. The number of nitrogens with two attached hydrogens (primary N) is 1. The van der Waals surface area contributed by atoms with Crippen LogP contribution in [0.4, 0.5) is 0 Å². The minimum absolute atomic E-state index is 0.0458. The van der Waals surface area contributed by atoms with Crippen LogP contribution in [0.15, 0.2) is 36.7 Å². The van der Waals surface area contributed by atoms with Crippen molar-refractivity contribution in [3.8, 4) is 0 Å². The summed E-state index contributed by atoms with van der Waals surface area (Å²) in [6.45, 7) is 7.29. The molecule has 140 valence electrons. The van der Waals surface area contributed by atoms with Crippen LogP contribution in [0.2, 0.25) is 0 Å². The Morgan fingerprint density at radius 2 is 2.07 bits per heavy atom. The summed E-state index contributed by atoms with van der Waals surface area (Å²) in [6, 6.07) is 7.48. The number of fused-ring (bicyclic) bond motifs is 2. The highest BCUT2D eigenvalue weighted by Gasteiger charge is 2.30. The molecular weight excluding hydrogens is 338 g/mol. The molecular formula is C21H25N5O. The van der Waals surface area contributed by atoms with Gasteiger partial charge < -0.3 is 15.6 Å². The van der Waals surface area contributed by atoms with Gasteiger partial charge in [0.25, 0.3) is 0 Å². The molecule has 1 atom stereocenters. The van der Waals surface area contributed by atoms with Gasteiger partial charge in [-0.05, 0) is 18.1 Å². The van der Waals surface area contributed by atoms with Crippen LogP contribution >= 0.6 is 0 Å². The number of rotatable bonds is 3. The smallest absolute Gasteiger partial charge is 0.240 e. The number of hydrogen-bond acceptors (Lipinski definition) is 4. The van der Waals surface area contributed by atoms with Gasteiger partial charge in [-0.2, -0.15) is 0 Å². The van der Waals surface area contributed by atoms with Crippen molar-refractivity contribution < 1.29 is 4.79 Å². The van der Waals surface area contributed by atoms with E-state index < -0.39 is 6.04 Å². The first-order valence-electron chi connectivity index (χ1n) is 9.27. The predicted octanol–water partition coefficient (Wildman–Crippen LogP) is 2.67. The molecule has 0 aliphatic carbocycles. The minimum Gasteiger partial charge on any atom is -0.361 e. The third kappa shape index (κ3) is 3.32. The lowest BCUT2D eigenvalue weighted by Crippen LogP contribution is -2.42. The van der Waals surface area contributed by atoms with E-state index >= 15 is 0 Å². The second kappa shape index (κ2) is 6.46. The number of benzene rings is 1. The van der Waals surface area contributed by atoms with Gasteiger partial charge in [0.05, 0.1) is 18.3 Å². The molecule has 1 aliphatic heterocycles. The average molecular weight is 363 g/mol. The molecule has 27 heavy (non-hydrogen) atoms. The largest absolute Gasteiger partial charge is 0.361 e. The maximum Gasteiger partial charge on any atom is 0.240 e. The molecule has 3 aromatic rings. The van der Waals surface area contributed by atoms with Crippen molar-refractivity contribution in [2.24, 2.45) is 5.73 Å². The average Bonchev–Trinajstić information content (AvgIpc) is 3.24. The van der Waals surface area contributed by atoms with Gasteiger partial charge in [0.15, 0.2) is 0 Å². The van der Waals surface area contributed by atoms with Crippen LogP contribution in [0.3, 0.4) is 0 Å². The number of amides is 1. The minimum atomic E-state index is -0.575.